The first kappa shape index (κ1) is 14.1. The lowest BCUT2D eigenvalue weighted by atomic mass is 9.89. The topological polar surface area (TPSA) is 12.0 Å². The van der Waals surface area contributed by atoms with Gasteiger partial charge in [0, 0.05) is 15.8 Å². The summed E-state index contributed by atoms with van der Waals surface area (Å²) in [7, 11) is 0. The summed E-state index contributed by atoms with van der Waals surface area (Å²) in [5.41, 5.74) is 0. The summed E-state index contributed by atoms with van der Waals surface area (Å²) in [4.78, 5) is 3.10. The lowest BCUT2D eigenvalue weighted by Crippen LogP contribution is -2.29. The minimum absolute atomic E-state index is 0.604. The Bertz CT molecular complexity index is 358. The summed E-state index contributed by atoms with van der Waals surface area (Å²) in [5, 5.41) is 3.81. The lowest BCUT2D eigenvalue weighted by Gasteiger charge is -2.27. The van der Waals surface area contributed by atoms with E-state index in [1.807, 2.05) is 11.3 Å². The van der Waals surface area contributed by atoms with E-state index >= 15 is 0 Å². The predicted molar refractivity (Wildman–Crippen MR) is 81.2 cm³/mol. The molecule has 1 aromatic rings. The first-order valence-corrected chi connectivity index (χ1v) is 8.39. The van der Waals surface area contributed by atoms with Gasteiger partial charge in [-0.05, 0) is 49.8 Å². The van der Waals surface area contributed by atoms with Crippen LogP contribution < -0.4 is 5.32 Å². The molecule has 1 nitrogen and oxygen atoms in total. The van der Waals surface area contributed by atoms with E-state index in [1.54, 1.807) is 4.88 Å². The Morgan fingerprint density at radius 3 is 2.72 bits per heavy atom. The van der Waals surface area contributed by atoms with Crippen LogP contribution in [-0.2, 0) is 6.42 Å². The molecule has 3 unspecified atom stereocenters. The minimum Gasteiger partial charge on any atom is -0.309 e. The van der Waals surface area contributed by atoms with Gasteiger partial charge in [-0.3, -0.25) is 0 Å². The summed E-state index contributed by atoms with van der Waals surface area (Å²) < 4.78 is 0. The van der Waals surface area contributed by atoms with Gasteiger partial charge in [-0.15, -0.1) is 11.3 Å². The molecule has 0 saturated heterocycles. The largest absolute Gasteiger partial charge is 0.309 e. The van der Waals surface area contributed by atoms with Crippen molar-refractivity contribution in [2.75, 3.05) is 6.54 Å². The van der Waals surface area contributed by atoms with Gasteiger partial charge in [-0.25, -0.2) is 0 Å². The first-order chi connectivity index (χ1) is 8.76. The third-order valence-corrected chi connectivity index (χ3v) is 5.62. The summed E-state index contributed by atoms with van der Waals surface area (Å²) >= 11 is 2.02. The molecule has 1 heterocycles. The average Bonchev–Trinajstić information content (AvgIpc) is 3.00. The molecule has 0 radical (unpaired) electrons. The zero-order chi connectivity index (χ0) is 13.0. The summed E-state index contributed by atoms with van der Waals surface area (Å²) in [6.45, 7) is 8.09. The van der Waals surface area contributed by atoms with E-state index in [1.165, 1.54) is 37.0 Å². The van der Waals surface area contributed by atoms with Crippen LogP contribution in [0, 0.1) is 11.8 Å². The summed E-state index contributed by atoms with van der Waals surface area (Å²) in [6.07, 6.45) is 6.64. The van der Waals surface area contributed by atoms with Gasteiger partial charge in [-0.1, -0.05) is 33.6 Å². The van der Waals surface area contributed by atoms with Crippen molar-refractivity contribution in [3.63, 3.8) is 0 Å². The second-order valence-corrected chi connectivity index (χ2v) is 6.86. The highest BCUT2D eigenvalue weighted by molar-refractivity contribution is 7.12. The van der Waals surface area contributed by atoms with Crippen LogP contribution in [0.1, 0.15) is 62.3 Å². The second-order valence-electron chi connectivity index (χ2n) is 5.66. The number of nitrogens with one attached hydrogen (secondary N) is 1. The molecule has 1 saturated carbocycles. The van der Waals surface area contributed by atoms with Crippen molar-refractivity contribution >= 4 is 11.3 Å². The zero-order valence-electron chi connectivity index (χ0n) is 12.0. The third kappa shape index (κ3) is 3.16. The number of hydrogen-bond acceptors (Lipinski definition) is 2. The van der Waals surface area contributed by atoms with E-state index < -0.39 is 0 Å². The maximum Gasteiger partial charge on any atom is 0.0446 e. The Balaban J connectivity index is 2.13. The minimum atomic E-state index is 0.604. The van der Waals surface area contributed by atoms with Gasteiger partial charge in [0.15, 0.2) is 0 Å². The van der Waals surface area contributed by atoms with Crippen molar-refractivity contribution in [1.82, 2.24) is 5.32 Å². The molecule has 18 heavy (non-hydrogen) atoms. The highest BCUT2D eigenvalue weighted by atomic mass is 32.1. The molecule has 2 rings (SSSR count). The Morgan fingerprint density at radius 1 is 1.33 bits per heavy atom. The van der Waals surface area contributed by atoms with Crippen LogP contribution in [0.25, 0.3) is 0 Å². The van der Waals surface area contributed by atoms with E-state index in [4.69, 9.17) is 0 Å². The van der Waals surface area contributed by atoms with Crippen LogP contribution in [0.4, 0.5) is 0 Å². The van der Waals surface area contributed by atoms with Gasteiger partial charge in [0.05, 0.1) is 0 Å². The molecule has 1 aliphatic carbocycles. The van der Waals surface area contributed by atoms with E-state index in [0.717, 1.165) is 18.4 Å². The van der Waals surface area contributed by atoms with Crippen LogP contribution in [0.5, 0.6) is 0 Å². The third-order valence-electron chi connectivity index (χ3n) is 4.31. The van der Waals surface area contributed by atoms with Crippen molar-refractivity contribution in [3.05, 3.63) is 21.9 Å². The molecule has 2 heteroatoms. The Labute approximate surface area is 116 Å². The fourth-order valence-electron chi connectivity index (χ4n) is 3.18. The van der Waals surface area contributed by atoms with E-state index in [2.05, 4.69) is 38.2 Å². The molecule has 1 N–H and O–H groups in total. The predicted octanol–water partition coefficient (Wildman–Crippen LogP) is 4.79. The number of hydrogen-bond donors (Lipinski definition) is 1. The van der Waals surface area contributed by atoms with Crippen molar-refractivity contribution in [3.8, 4) is 0 Å². The molecule has 3 atom stereocenters. The van der Waals surface area contributed by atoms with Gasteiger partial charge < -0.3 is 5.32 Å². The quantitative estimate of drug-likeness (QED) is 0.780. The van der Waals surface area contributed by atoms with Crippen LogP contribution in [0.3, 0.4) is 0 Å². The van der Waals surface area contributed by atoms with E-state index in [9.17, 15) is 0 Å². The van der Waals surface area contributed by atoms with Gasteiger partial charge in [0.1, 0.15) is 0 Å². The normalized spacial score (nSPS) is 25.5. The molecule has 0 amide bonds. The van der Waals surface area contributed by atoms with Crippen LogP contribution >= 0.6 is 11.3 Å². The fraction of sp³-hybridized carbons (Fsp3) is 0.750. The molecule has 1 aromatic heterocycles. The number of rotatable bonds is 6. The van der Waals surface area contributed by atoms with E-state index in [0.29, 0.717) is 6.04 Å². The molecule has 0 aromatic carbocycles. The highest BCUT2D eigenvalue weighted by Gasteiger charge is 2.32. The number of aryl methyl sites for hydroxylation is 1. The Kier molecular flexibility index (Phi) is 5.25. The molecule has 0 spiro atoms. The van der Waals surface area contributed by atoms with Crippen molar-refractivity contribution in [2.45, 2.75) is 58.9 Å². The molecule has 1 aliphatic rings. The Morgan fingerprint density at radius 2 is 2.17 bits per heavy atom. The van der Waals surface area contributed by atoms with Crippen molar-refractivity contribution < 1.29 is 0 Å². The van der Waals surface area contributed by atoms with Crippen LogP contribution in [-0.4, -0.2) is 6.54 Å². The number of thiophene rings is 1. The molecule has 102 valence electrons. The van der Waals surface area contributed by atoms with E-state index in [-0.39, 0.29) is 0 Å². The molecule has 0 bridgehead atoms. The van der Waals surface area contributed by atoms with Gasteiger partial charge in [0.2, 0.25) is 0 Å². The average molecular weight is 265 g/mol. The highest BCUT2D eigenvalue weighted by Crippen LogP contribution is 2.41. The maximum atomic E-state index is 3.81. The standard InChI is InChI=1S/C16H27NS/c1-4-11-17-16(14-8-6-7-12(14)3)15-10-9-13(5-2)18-15/h9-10,12,14,16-17H,4-8,11H2,1-3H3. The molecular formula is C16H27NS. The monoisotopic (exact) mass is 265 g/mol. The van der Waals surface area contributed by atoms with Crippen LogP contribution in [0.2, 0.25) is 0 Å². The maximum absolute atomic E-state index is 3.81. The van der Waals surface area contributed by atoms with Crippen molar-refractivity contribution in [2.24, 2.45) is 11.8 Å². The van der Waals surface area contributed by atoms with Gasteiger partial charge in [-0.2, -0.15) is 0 Å². The summed E-state index contributed by atoms with van der Waals surface area (Å²) in [5.74, 6) is 1.73. The lowest BCUT2D eigenvalue weighted by molar-refractivity contribution is 0.305. The molecule has 1 fully saturated rings. The Hall–Kier alpha value is -0.340. The SMILES string of the molecule is CCCNC(c1ccc(CC)s1)C1CCCC1C. The van der Waals surface area contributed by atoms with Gasteiger partial charge in [0.25, 0.3) is 0 Å². The zero-order valence-corrected chi connectivity index (χ0v) is 12.9. The smallest absolute Gasteiger partial charge is 0.0446 e. The molecule has 0 aliphatic heterocycles. The van der Waals surface area contributed by atoms with Crippen molar-refractivity contribution in [1.29, 1.82) is 0 Å². The molecular weight excluding hydrogens is 238 g/mol. The second kappa shape index (κ2) is 6.72. The fourth-order valence-corrected chi connectivity index (χ4v) is 4.29. The van der Waals surface area contributed by atoms with Crippen LogP contribution in [0.15, 0.2) is 12.1 Å². The summed E-state index contributed by atoms with van der Waals surface area (Å²) in [6, 6.07) is 5.29. The first-order valence-electron chi connectivity index (χ1n) is 7.58. The van der Waals surface area contributed by atoms with Gasteiger partial charge >= 0.3 is 0 Å².